The molecule has 0 amide bonds. The lowest BCUT2D eigenvalue weighted by Crippen LogP contribution is -2.47. The Balaban J connectivity index is 1.36. The van der Waals surface area contributed by atoms with Gasteiger partial charge < -0.3 is 19.1 Å². The van der Waals surface area contributed by atoms with E-state index >= 15 is 0 Å². The van der Waals surface area contributed by atoms with Gasteiger partial charge in [-0.15, -0.1) is 0 Å². The van der Waals surface area contributed by atoms with Crippen LogP contribution in [0.1, 0.15) is 5.69 Å². The molecule has 0 saturated carbocycles. The number of methoxy groups -OCH3 is 1. The van der Waals surface area contributed by atoms with Gasteiger partial charge in [0.1, 0.15) is 11.8 Å². The molecule has 1 fully saturated rings. The van der Waals surface area contributed by atoms with Crippen molar-refractivity contribution in [2.24, 2.45) is 7.05 Å². The third-order valence-corrected chi connectivity index (χ3v) is 6.33. The SMILES string of the molecule is COCCn1cnc2cc(N3CCN(c4ncnc5cc(C)n(C)c45)CC3)ccc2c1=O. The van der Waals surface area contributed by atoms with Crippen molar-refractivity contribution >= 4 is 33.4 Å². The van der Waals surface area contributed by atoms with Gasteiger partial charge in [-0.2, -0.15) is 0 Å². The predicted molar refractivity (Wildman–Crippen MR) is 126 cm³/mol. The summed E-state index contributed by atoms with van der Waals surface area (Å²) in [5.41, 5.74) is 5.01. The minimum atomic E-state index is -0.0333. The number of aromatic nitrogens is 5. The number of fused-ring (bicyclic) bond motifs is 2. The van der Waals surface area contributed by atoms with E-state index in [-0.39, 0.29) is 5.56 Å². The van der Waals surface area contributed by atoms with Gasteiger partial charge in [0, 0.05) is 51.7 Å². The minimum Gasteiger partial charge on any atom is -0.383 e. The van der Waals surface area contributed by atoms with Crippen LogP contribution < -0.4 is 15.4 Å². The van der Waals surface area contributed by atoms with E-state index in [1.807, 2.05) is 18.2 Å². The van der Waals surface area contributed by atoms with Crippen LogP contribution in [0.5, 0.6) is 0 Å². The number of hydrogen-bond donors (Lipinski definition) is 0. The van der Waals surface area contributed by atoms with Crippen LogP contribution in [-0.4, -0.2) is 64.0 Å². The highest BCUT2D eigenvalue weighted by atomic mass is 16.5. The van der Waals surface area contributed by atoms with Crippen molar-refractivity contribution in [3.63, 3.8) is 0 Å². The Morgan fingerprint density at radius 1 is 1.00 bits per heavy atom. The molecule has 0 aliphatic carbocycles. The van der Waals surface area contributed by atoms with E-state index in [2.05, 4.69) is 49.4 Å². The highest BCUT2D eigenvalue weighted by Crippen LogP contribution is 2.27. The Morgan fingerprint density at radius 2 is 1.78 bits per heavy atom. The zero-order valence-corrected chi connectivity index (χ0v) is 18.7. The number of ether oxygens (including phenoxy) is 1. The van der Waals surface area contributed by atoms with Gasteiger partial charge in [0.15, 0.2) is 5.82 Å². The van der Waals surface area contributed by atoms with Crippen LogP contribution in [0.2, 0.25) is 0 Å². The number of rotatable bonds is 5. The second-order valence-electron chi connectivity index (χ2n) is 8.19. The summed E-state index contributed by atoms with van der Waals surface area (Å²) in [7, 11) is 3.69. The average molecular weight is 434 g/mol. The van der Waals surface area contributed by atoms with Gasteiger partial charge in [0.05, 0.1) is 35.9 Å². The molecular formula is C23H27N7O2. The number of anilines is 2. The Labute approximate surface area is 185 Å². The summed E-state index contributed by atoms with van der Waals surface area (Å²) in [6, 6.07) is 8.01. The molecular weight excluding hydrogens is 406 g/mol. The van der Waals surface area contributed by atoms with Crippen LogP contribution in [0.15, 0.2) is 41.7 Å². The van der Waals surface area contributed by atoms with Crippen molar-refractivity contribution < 1.29 is 4.74 Å². The highest BCUT2D eigenvalue weighted by molar-refractivity contribution is 5.88. The number of nitrogens with zero attached hydrogens (tertiary/aromatic N) is 7. The van der Waals surface area contributed by atoms with Crippen molar-refractivity contribution in [1.29, 1.82) is 0 Å². The lowest BCUT2D eigenvalue weighted by molar-refractivity contribution is 0.186. The zero-order valence-electron chi connectivity index (χ0n) is 18.7. The molecule has 5 rings (SSSR count). The molecule has 0 radical (unpaired) electrons. The molecule has 0 unspecified atom stereocenters. The van der Waals surface area contributed by atoms with E-state index in [1.165, 1.54) is 5.69 Å². The molecule has 32 heavy (non-hydrogen) atoms. The van der Waals surface area contributed by atoms with Crippen LogP contribution in [0.3, 0.4) is 0 Å². The fourth-order valence-electron chi connectivity index (χ4n) is 4.38. The third kappa shape index (κ3) is 3.48. The van der Waals surface area contributed by atoms with Crippen LogP contribution in [0.25, 0.3) is 21.9 Å². The Hall–Kier alpha value is -3.46. The Kier molecular flexibility index (Phi) is 5.26. The summed E-state index contributed by atoms with van der Waals surface area (Å²) >= 11 is 0. The van der Waals surface area contributed by atoms with Crippen molar-refractivity contribution in [2.75, 3.05) is 49.7 Å². The minimum absolute atomic E-state index is 0.0333. The number of piperazine rings is 1. The van der Waals surface area contributed by atoms with Crippen LogP contribution in [-0.2, 0) is 18.3 Å². The second-order valence-corrected chi connectivity index (χ2v) is 8.19. The Morgan fingerprint density at radius 3 is 2.56 bits per heavy atom. The van der Waals surface area contributed by atoms with E-state index in [0.29, 0.717) is 18.5 Å². The number of benzene rings is 1. The van der Waals surface area contributed by atoms with E-state index in [1.54, 1.807) is 24.3 Å². The quantitative estimate of drug-likeness (QED) is 0.476. The maximum atomic E-state index is 12.7. The standard InChI is InChI=1S/C23H27N7O2/c1-16-12-20-21(27(16)2)22(25-14-24-20)29-8-6-28(7-9-29)17-4-5-18-19(13-17)26-15-30(23(18)31)10-11-32-3/h4-5,12-15H,6-11H2,1-3H3. The fraction of sp³-hybridized carbons (Fsp3) is 0.391. The molecule has 1 aliphatic rings. The summed E-state index contributed by atoms with van der Waals surface area (Å²) in [6.07, 6.45) is 3.26. The van der Waals surface area contributed by atoms with Gasteiger partial charge in [-0.1, -0.05) is 0 Å². The largest absolute Gasteiger partial charge is 0.383 e. The van der Waals surface area contributed by atoms with E-state index in [4.69, 9.17) is 4.74 Å². The number of hydrogen-bond acceptors (Lipinski definition) is 7. The summed E-state index contributed by atoms with van der Waals surface area (Å²) in [4.78, 5) is 30.9. The third-order valence-electron chi connectivity index (χ3n) is 6.33. The molecule has 4 aromatic rings. The predicted octanol–water partition coefficient (Wildman–Crippen LogP) is 1.96. The Bertz CT molecular complexity index is 1340. The molecule has 9 nitrogen and oxygen atoms in total. The second kappa shape index (κ2) is 8.23. The van der Waals surface area contributed by atoms with E-state index in [9.17, 15) is 4.79 Å². The molecule has 0 bridgehead atoms. The lowest BCUT2D eigenvalue weighted by atomic mass is 10.2. The van der Waals surface area contributed by atoms with Crippen molar-refractivity contribution in [2.45, 2.75) is 13.5 Å². The number of aryl methyl sites for hydroxylation is 2. The molecule has 0 N–H and O–H groups in total. The van der Waals surface area contributed by atoms with Gasteiger partial charge >= 0.3 is 0 Å². The normalized spacial score (nSPS) is 14.6. The highest BCUT2D eigenvalue weighted by Gasteiger charge is 2.22. The van der Waals surface area contributed by atoms with Crippen LogP contribution >= 0.6 is 0 Å². The van der Waals surface area contributed by atoms with Gasteiger partial charge in [0.25, 0.3) is 5.56 Å². The van der Waals surface area contributed by atoms with E-state index in [0.717, 1.165) is 54.2 Å². The van der Waals surface area contributed by atoms with Gasteiger partial charge in [-0.3, -0.25) is 9.36 Å². The maximum Gasteiger partial charge on any atom is 0.261 e. The van der Waals surface area contributed by atoms with Gasteiger partial charge in [0.2, 0.25) is 0 Å². The monoisotopic (exact) mass is 433 g/mol. The zero-order chi connectivity index (χ0) is 22.2. The lowest BCUT2D eigenvalue weighted by Gasteiger charge is -2.37. The van der Waals surface area contributed by atoms with Crippen LogP contribution in [0, 0.1) is 6.92 Å². The summed E-state index contributed by atoms with van der Waals surface area (Å²) in [6.45, 7) is 6.52. The first kappa shape index (κ1) is 20.4. The molecule has 4 heterocycles. The molecule has 1 aliphatic heterocycles. The fourth-order valence-corrected chi connectivity index (χ4v) is 4.38. The first-order valence-corrected chi connectivity index (χ1v) is 10.8. The molecule has 0 spiro atoms. The van der Waals surface area contributed by atoms with Gasteiger partial charge in [-0.05, 0) is 31.2 Å². The van der Waals surface area contributed by atoms with Crippen molar-refractivity contribution in [3.05, 3.63) is 53.0 Å². The van der Waals surface area contributed by atoms with Crippen LogP contribution in [0.4, 0.5) is 11.5 Å². The smallest absolute Gasteiger partial charge is 0.261 e. The molecule has 0 atom stereocenters. The average Bonchev–Trinajstić information content (AvgIpc) is 3.12. The molecule has 1 saturated heterocycles. The topological polar surface area (TPSA) is 81.3 Å². The first-order valence-electron chi connectivity index (χ1n) is 10.8. The maximum absolute atomic E-state index is 12.7. The molecule has 3 aromatic heterocycles. The van der Waals surface area contributed by atoms with Crippen molar-refractivity contribution in [1.82, 2.24) is 24.1 Å². The van der Waals surface area contributed by atoms with Crippen molar-refractivity contribution in [3.8, 4) is 0 Å². The van der Waals surface area contributed by atoms with E-state index < -0.39 is 0 Å². The molecule has 166 valence electrons. The summed E-state index contributed by atoms with van der Waals surface area (Å²) in [5, 5.41) is 0.633. The summed E-state index contributed by atoms with van der Waals surface area (Å²) < 4.78 is 8.83. The first-order chi connectivity index (χ1) is 15.6. The summed E-state index contributed by atoms with van der Waals surface area (Å²) in [5.74, 6) is 0.988. The molecule has 9 heteroatoms. The van der Waals surface area contributed by atoms with Gasteiger partial charge in [-0.25, -0.2) is 15.0 Å². The molecule has 1 aromatic carbocycles.